The van der Waals surface area contributed by atoms with Crippen LogP contribution in [-0.4, -0.2) is 61.1 Å². The number of rotatable bonds is 3. The third kappa shape index (κ3) is 3.42. The topological polar surface area (TPSA) is 56.6 Å². The second kappa shape index (κ2) is 5.99. The summed E-state index contributed by atoms with van der Waals surface area (Å²) in [4.78, 5) is 15.6. The van der Waals surface area contributed by atoms with Crippen LogP contribution >= 0.6 is 0 Å². The van der Waals surface area contributed by atoms with Gasteiger partial charge in [-0.2, -0.15) is 5.26 Å². The first-order valence-electron chi connectivity index (χ1n) is 6.28. The molecule has 0 saturated carbocycles. The molecule has 17 heavy (non-hydrogen) atoms. The molecule has 2 heterocycles. The van der Waals surface area contributed by atoms with Gasteiger partial charge in [-0.3, -0.25) is 9.69 Å². The number of carbonyl (C=O) groups is 1. The fourth-order valence-electron chi connectivity index (χ4n) is 2.44. The van der Waals surface area contributed by atoms with E-state index in [0.717, 1.165) is 45.8 Å². The summed E-state index contributed by atoms with van der Waals surface area (Å²) in [6.07, 6.45) is 2.72. The molecule has 0 bridgehead atoms. The average Bonchev–Trinajstić information content (AvgIpc) is 2.83. The lowest BCUT2D eigenvalue weighted by atomic mass is 10.2. The molecule has 0 N–H and O–H groups in total. The van der Waals surface area contributed by atoms with E-state index in [4.69, 9.17) is 10.00 Å². The number of hydrogen-bond donors (Lipinski definition) is 0. The number of hydrogen-bond acceptors (Lipinski definition) is 4. The largest absolute Gasteiger partial charge is 0.377 e. The highest BCUT2D eigenvalue weighted by molar-refractivity contribution is 5.78. The first-order valence-corrected chi connectivity index (χ1v) is 6.28. The maximum atomic E-state index is 11.5. The molecule has 2 aliphatic heterocycles. The van der Waals surface area contributed by atoms with Crippen LogP contribution < -0.4 is 0 Å². The van der Waals surface area contributed by atoms with E-state index in [1.165, 1.54) is 6.42 Å². The van der Waals surface area contributed by atoms with Gasteiger partial charge < -0.3 is 9.64 Å². The normalized spacial score (nSPS) is 25.8. The van der Waals surface area contributed by atoms with Crippen molar-refractivity contribution in [1.82, 2.24) is 9.80 Å². The van der Waals surface area contributed by atoms with Crippen LogP contribution in [0.5, 0.6) is 0 Å². The molecule has 1 amide bonds. The van der Waals surface area contributed by atoms with Gasteiger partial charge in [0.2, 0.25) is 5.91 Å². The van der Waals surface area contributed by atoms with Crippen molar-refractivity contribution in [2.45, 2.75) is 25.4 Å². The Morgan fingerprint density at radius 1 is 1.35 bits per heavy atom. The lowest BCUT2D eigenvalue weighted by Crippen LogP contribution is -2.50. The van der Waals surface area contributed by atoms with Gasteiger partial charge in [0.25, 0.3) is 0 Å². The molecule has 2 fully saturated rings. The third-order valence-corrected chi connectivity index (χ3v) is 3.44. The van der Waals surface area contributed by atoms with Gasteiger partial charge >= 0.3 is 0 Å². The summed E-state index contributed by atoms with van der Waals surface area (Å²) in [6, 6.07) is 1.91. The van der Waals surface area contributed by atoms with Crippen molar-refractivity contribution < 1.29 is 9.53 Å². The van der Waals surface area contributed by atoms with Gasteiger partial charge in [0.05, 0.1) is 12.2 Å². The van der Waals surface area contributed by atoms with Crippen LogP contribution in [0.2, 0.25) is 0 Å². The zero-order chi connectivity index (χ0) is 12.1. The smallest absolute Gasteiger partial charge is 0.236 e. The molecule has 1 atom stereocenters. The van der Waals surface area contributed by atoms with Crippen molar-refractivity contribution in [3.8, 4) is 6.07 Å². The molecule has 0 aromatic rings. The highest BCUT2D eigenvalue weighted by atomic mass is 16.5. The van der Waals surface area contributed by atoms with E-state index in [-0.39, 0.29) is 12.3 Å². The van der Waals surface area contributed by atoms with Crippen molar-refractivity contribution in [3.05, 3.63) is 0 Å². The number of ether oxygens (including phenoxy) is 1. The van der Waals surface area contributed by atoms with E-state index in [1.807, 2.05) is 6.07 Å². The highest BCUT2D eigenvalue weighted by Crippen LogP contribution is 2.14. The monoisotopic (exact) mass is 237 g/mol. The minimum absolute atomic E-state index is 0.00569. The molecule has 2 saturated heterocycles. The molecule has 94 valence electrons. The van der Waals surface area contributed by atoms with Crippen LogP contribution in [0.4, 0.5) is 0 Å². The van der Waals surface area contributed by atoms with Crippen LogP contribution in [0.3, 0.4) is 0 Å². The fourth-order valence-corrected chi connectivity index (χ4v) is 2.44. The number of carbonyl (C=O) groups excluding carboxylic acids is 1. The van der Waals surface area contributed by atoms with Gasteiger partial charge in [0, 0.05) is 39.3 Å². The first kappa shape index (κ1) is 12.3. The Morgan fingerprint density at radius 2 is 2.12 bits per heavy atom. The van der Waals surface area contributed by atoms with E-state index < -0.39 is 0 Å². The molecule has 5 heteroatoms. The predicted molar refractivity (Wildman–Crippen MR) is 62.2 cm³/mol. The van der Waals surface area contributed by atoms with Gasteiger partial charge in [0.15, 0.2) is 0 Å². The Morgan fingerprint density at radius 3 is 2.71 bits per heavy atom. The Kier molecular flexibility index (Phi) is 4.35. The molecule has 0 spiro atoms. The van der Waals surface area contributed by atoms with E-state index in [1.54, 1.807) is 4.90 Å². The molecular formula is C12H19N3O2. The van der Waals surface area contributed by atoms with E-state index in [2.05, 4.69) is 4.90 Å². The molecule has 2 aliphatic rings. The molecule has 5 nitrogen and oxygen atoms in total. The molecule has 2 rings (SSSR count). The van der Waals surface area contributed by atoms with Crippen molar-refractivity contribution >= 4 is 5.91 Å². The van der Waals surface area contributed by atoms with E-state index in [9.17, 15) is 4.79 Å². The van der Waals surface area contributed by atoms with Crippen LogP contribution in [0.25, 0.3) is 0 Å². The summed E-state index contributed by atoms with van der Waals surface area (Å²) >= 11 is 0. The molecule has 1 unspecified atom stereocenters. The van der Waals surface area contributed by atoms with Crippen LogP contribution in [0, 0.1) is 11.3 Å². The minimum atomic E-state index is -0.0377. The highest BCUT2D eigenvalue weighted by Gasteiger charge is 2.24. The quantitative estimate of drug-likeness (QED) is 0.705. The lowest BCUT2D eigenvalue weighted by Gasteiger charge is -2.35. The Bertz CT molecular complexity index is 299. The molecule has 0 aromatic heterocycles. The van der Waals surface area contributed by atoms with Gasteiger partial charge in [-0.05, 0) is 12.8 Å². The third-order valence-electron chi connectivity index (χ3n) is 3.44. The maximum Gasteiger partial charge on any atom is 0.236 e. The van der Waals surface area contributed by atoms with Crippen molar-refractivity contribution in [2.24, 2.45) is 0 Å². The fraction of sp³-hybridized carbons (Fsp3) is 0.833. The van der Waals surface area contributed by atoms with E-state index >= 15 is 0 Å². The molecule has 0 radical (unpaired) electrons. The summed E-state index contributed by atoms with van der Waals surface area (Å²) in [5.74, 6) is -0.0377. The molecule has 0 aromatic carbocycles. The molecular weight excluding hydrogens is 218 g/mol. The first-order chi connectivity index (χ1) is 8.29. The van der Waals surface area contributed by atoms with Crippen LogP contribution in [0.1, 0.15) is 19.3 Å². The zero-order valence-electron chi connectivity index (χ0n) is 10.1. The number of nitrogens with zero attached hydrogens (tertiary/aromatic N) is 3. The van der Waals surface area contributed by atoms with Gasteiger partial charge in [-0.15, -0.1) is 0 Å². The van der Waals surface area contributed by atoms with Gasteiger partial charge in [-0.1, -0.05) is 0 Å². The number of piperazine rings is 1. The standard InChI is InChI=1S/C12H19N3O2/c13-4-3-12(16)15-7-5-14(6-8-15)10-11-2-1-9-17-11/h11H,1-3,5-10H2. The predicted octanol–water partition coefficient (Wildman–Crippen LogP) is 0.223. The Labute approximate surface area is 102 Å². The average molecular weight is 237 g/mol. The maximum absolute atomic E-state index is 11.5. The van der Waals surface area contributed by atoms with Gasteiger partial charge in [0.1, 0.15) is 6.42 Å². The van der Waals surface area contributed by atoms with Crippen molar-refractivity contribution in [2.75, 3.05) is 39.3 Å². The van der Waals surface area contributed by atoms with Crippen molar-refractivity contribution in [3.63, 3.8) is 0 Å². The summed E-state index contributed by atoms with van der Waals surface area (Å²) < 4.78 is 5.60. The summed E-state index contributed by atoms with van der Waals surface area (Å²) in [6.45, 7) is 5.17. The minimum Gasteiger partial charge on any atom is -0.377 e. The van der Waals surface area contributed by atoms with Crippen LogP contribution in [0.15, 0.2) is 0 Å². The molecule has 0 aliphatic carbocycles. The number of nitriles is 1. The lowest BCUT2D eigenvalue weighted by molar-refractivity contribution is -0.132. The second-order valence-electron chi connectivity index (χ2n) is 4.65. The van der Waals surface area contributed by atoms with E-state index in [0.29, 0.717) is 6.10 Å². The number of amides is 1. The Hall–Kier alpha value is -1.12. The zero-order valence-corrected chi connectivity index (χ0v) is 10.1. The Balaban J connectivity index is 1.70. The summed E-state index contributed by atoms with van der Waals surface area (Å²) in [7, 11) is 0. The van der Waals surface area contributed by atoms with Gasteiger partial charge in [-0.25, -0.2) is 0 Å². The second-order valence-corrected chi connectivity index (χ2v) is 4.65. The SMILES string of the molecule is N#CCC(=O)N1CCN(CC2CCCO2)CC1. The van der Waals surface area contributed by atoms with Crippen LogP contribution in [-0.2, 0) is 9.53 Å². The van der Waals surface area contributed by atoms with Crippen molar-refractivity contribution in [1.29, 1.82) is 5.26 Å². The summed E-state index contributed by atoms with van der Waals surface area (Å²) in [5, 5.41) is 8.48. The summed E-state index contributed by atoms with van der Waals surface area (Å²) in [5.41, 5.74) is 0.